The molecule has 0 bridgehead atoms. The van der Waals surface area contributed by atoms with Gasteiger partial charge < -0.3 is 13.7 Å². The molecule has 0 spiro atoms. The minimum atomic E-state index is 1.19. The molecule has 0 saturated carbocycles. The molecule has 3 heteroatoms. The molecule has 99 heavy (non-hydrogen) atoms. The van der Waals surface area contributed by atoms with Crippen LogP contribution in [0.2, 0.25) is 0 Å². The Morgan fingerprint density at radius 2 is 0.444 bits per heavy atom. The Kier molecular flexibility index (Phi) is 13.9. The van der Waals surface area contributed by atoms with Crippen molar-refractivity contribution in [2.75, 3.05) is 0 Å². The summed E-state index contributed by atoms with van der Waals surface area (Å²) >= 11 is 0. The zero-order valence-corrected chi connectivity index (χ0v) is 54.2. The van der Waals surface area contributed by atoms with Crippen molar-refractivity contribution < 1.29 is 0 Å². The molecule has 3 aromatic heterocycles. The van der Waals surface area contributed by atoms with Crippen LogP contribution >= 0.6 is 0 Å². The second-order valence-electron chi connectivity index (χ2n) is 25.9. The molecule has 0 radical (unpaired) electrons. The third-order valence-corrected chi connectivity index (χ3v) is 20.3. The van der Waals surface area contributed by atoms with Gasteiger partial charge in [0.25, 0.3) is 0 Å². The number of fused-ring (bicyclic) bond motifs is 18. The zero-order valence-electron chi connectivity index (χ0n) is 54.2. The lowest BCUT2D eigenvalue weighted by molar-refractivity contribution is 1.18. The number of rotatable bonds is 6. The van der Waals surface area contributed by atoms with E-state index in [9.17, 15) is 0 Å². The van der Waals surface area contributed by atoms with E-state index in [4.69, 9.17) is 0 Å². The Hall–Kier alpha value is -13.1. The maximum Gasteiger partial charge on any atom is 0.0547 e. The molecule has 0 fully saturated rings. The monoisotopic (exact) mass is 1260 g/mol. The van der Waals surface area contributed by atoms with E-state index in [0.717, 1.165) is 0 Å². The molecule has 0 aliphatic carbocycles. The molecule has 0 aliphatic rings. The van der Waals surface area contributed by atoms with Crippen LogP contribution in [0.15, 0.2) is 382 Å². The molecule has 0 unspecified atom stereocenters. The van der Waals surface area contributed by atoms with Crippen LogP contribution in [0.5, 0.6) is 0 Å². The van der Waals surface area contributed by atoms with Crippen molar-refractivity contribution >= 4 is 130 Å². The second kappa shape index (κ2) is 24.0. The van der Waals surface area contributed by atoms with E-state index in [1.54, 1.807) is 0 Å². The highest BCUT2D eigenvalue weighted by Gasteiger charge is 2.19. The second-order valence-corrected chi connectivity index (χ2v) is 25.9. The van der Waals surface area contributed by atoms with Gasteiger partial charge in [0.05, 0.1) is 33.1 Å². The van der Waals surface area contributed by atoms with Crippen molar-refractivity contribution in [3.8, 4) is 50.4 Å². The fourth-order valence-electron chi connectivity index (χ4n) is 15.8. The molecule has 0 amide bonds. The Morgan fingerprint density at radius 3 is 0.929 bits per heavy atom. The lowest BCUT2D eigenvalue weighted by atomic mass is 9.95. The predicted molar refractivity (Wildman–Crippen MR) is 424 cm³/mol. The van der Waals surface area contributed by atoms with Crippen molar-refractivity contribution in [1.29, 1.82) is 0 Å². The first-order valence-corrected chi connectivity index (χ1v) is 34.1. The summed E-state index contributed by atoms with van der Waals surface area (Å²) in [5, 5.41) is 23.2. The van der Waals surface area contributed by atoms with Gasteiger partial charge in [-0.2, -0.15) is 0 Å². The maximum atomic E-state index is 2.38. The van der Waals surface area contributed by atoms with E-state index < -0.39 is 0 Å². The molecule has 0 N–H and O–H groups in total. The topological polar surface area (TPSA) is 14.8 Å². The number of hydrogen-bond donors (Lipinski definition) is 0. The van der Waals surface area contributed by atoms with E-state index in [1.165, 1.54) is 180 Å². The third kappa shape index (κ3) is 9.81. The highest BCUT2D eigenvalue weighted by Crippen LogP contribution is 2.43. The van der Waals surface area contributed by atoms with Crippen molar-refractivity contribution in [3.63, 3.8) is 0 Å². The Morgan fingerprint density at radius 1 is 0.141 bits per heavy atom. The highest BCUT2D eigenvalue weighted by molar-refractivity contribution is 6.24. The van der Waals surface area contributed by atoms with Gasteiger partial charge in [-0.3, -0.25) is 0 Å². The Labute approximate surface area is 572 Å². The maximum absolute atomic E-state index is 2.38. The number of benzene rings is 18. The van der Waals surface area contributed by atoms with Gasteiger partial charge in [0, 0.05) is 49.4 Å². The van der Waals surface area contributed by atoms with E-state index >= 15 is 0 Å². The zero-order chi connectivity index (χ0) is 65.3. The van der Waals surface area contributed by atoms with Gasteiger partial charge in [-0.1, -0.05) is 285 Å². The number of aromatic nitrogens is 3. The van der Waals surface area contributed by atoms with E-state index in [-0.39, 0.29) is 0 Å². The minimum absolute atomic E-state index is 1.19. The molecule has 3 nitrogen and oxygen atoms in total. The van der Waals surface area contributed by atoms with E-state index in [2.05, 4.69) is 396 Å². The summed E-state index contributed by atoms with van der Waals surface area (Å²) in [6.07, 6.45) is 0. The molecular weight excluding hydrogens is 1200 g/mol. The smallest absolute Gasteiger partial charge is 0.0547 e. The molecule has 3 heterocycles. The summed E-state index contributed by atoms with van der Waals surface area (Å²) < 4.78 is 7.14. The first-order valence-electron chi connectivity index (χ1n) is 34.1. The van der Waals surface area contributed by atoms with E-state index in [0.29, 0.717) is 0 Å². The van der Waals surface area contributed by atoms with Gasteiger partial charge in [-0.25, -0.2) is 0 Å². The third-order valence-electron chi connectivity index (χ3n) is 20.3. The molecular formula is C96H63N3. The molecule has 462 valence electrons. The number of hydrogen-bond acceptors (Lipinski definition) is 0. The lowest BCUT2D eigenvalue weighted by Gasteiger charge is -2.10. The minimum Gasteiger partial charge on any atom is -0.309 e. The van der Waals surface area contributed by atoms with Gasteiger partial charge in [0.15, 0.2) is 0 Å². The average molecular weight is 1260 g/mol. The fourth-order valence-corrected chi connectivity index (χ4v) is 15.8. The quantitative estimate of drug-likeness (QED) is 0.158. The lowest BCUT2D eigenvalue weighted by Crippen LogP contribution is -1.92. The SMILES string of the molecule is c1ccc(-n2c3ccccc3c3c4cc(-c5cccc6ccccc56)ccc4ccc32)cc1.c1ccc(-n2c3ccccc3c3c4ccc(-c5ccc6ccccc6c5)cc4ccc32)cc1.c1ccc(-n2c3ccccc3c3c4ccc(-c5cccc6ccccc56)cc4ccc32)cc1. The van der Waals surface area contributed by atoms with Gasteiger partial charge in [0.1, 0.15) is 0 Å². The molecule has 21 rings (SSSR count). The van der Waals surface area contributed by atoms with Crippen LogP contribution in [0.25, 0.3) is 180 Å². The average Bonchev–Trinajstić information content (AvgIpc) is 1.61. The standard InChI is InChI=1S/3C32H21N/c1-2-11-25(12-3-1)33-30-16-7-6-14-29(30)32-28-19-17-23(21-24(28)18-20-31(32)33)27-15-8-10-22-9-4-5-13-26(22)27;1-2-11-25(12-3-1)33-30-16-7-6-14-28(30)32-29-21-24(18-17-23(29)19-20-31(32)33)27-15-8-10-22-9-4-5-13-26(22)27;1-2-10-27(11-3-1)33-30-13-7-6-12-29(30)32-28-18-16-25(21-26(28)17-19-31(32)33)24-15-14-22-8-4-5-9-23(22)20-24/h3*1-21H. The Balaban J connectivity index is 0.000000104. The van der Waals surface area contributed by atoms with Crippen molar-refractivity contribution in [3.05, 3.63) is 382 Å². The first kappa shape index (κ1) is 57.4. The van der Waals surface area contributed by atoms with Crippen molar-refractivity contribution in [1.82, 2.24) is 13.7 Å². The first-order chi connectivity index (χ1) is 49.1. The van der Waals surface area contributed by atoms with Gasteiger partial charge in [-0.05, 0) is 195 Å². The molecule has 0 atom stereocenters. The Bertz CT molecular complexity index is 6700. The van der Waals surface area contributed by atoms with Crippen LogP contribution in [0.1, 0.15) is 0 Å². The highest BCUT2D eigenvalue weighted by atomic mass is 15.0. The van der Waals surface area contributed by atoms with Crippen LogP contribution in [-0.4, -0.2) is 13.7 Å². The molecule has 0 saturated heterocycles. The van der Waals surface area contributed by atoms with Crippen LogP contribution in [-0.2, 0) is 0 Å². The van der Waals surface area contributed by atoms with Crippen molar-refractivity contribution in [2.24, 2.45) is 0 Å². The van der Waals surface area contributed by atoms with Gasteiger partial charge in [0.2, 0.25) is 0 Å². The summed E-state index contributed by atoms with van der Waals surface area (Å²) in [5.41, 5.74) is 18.6. The molecule has 18 aromatic carbocycles. The summed E-state index contributed by atoms with van der Waals surface area (Å²) in [4.78, 5) is 0. The van der Waals surface area contributed by atoms with E-state index in [1.807, 2.05) is 0 Å². The summed E-state index contributed by atoms with van der Waals surface area (Å²) in [6, 6.07) is 138. The van der Waals surface area contributed by atoms with Crippen molar-refractivity contribution in [2.45, 2.75) is 0 Å². The largest absolute Gasteiger partial charge is 0.309 e. The summed E-state index contributed by atoms with van der Waals surface area (Å²) in [5.74, 6) is 0. The number of para-hydroxylation sites is 6. The van der Waals surface area contributed by atoms with Crippen LogP contribution < -0.4 is 0 Å². The van der Waals surface area contributed by atoms with Crippen LogP contribution in [0, 0.1) is 0 Å². The van der Waals surface area contributed by atoms with Crippen LogP contribution in [0.3, 0.4) is 0 Å². The predicted octanol–water partition coefficient (Wildman–Crippen LogP) is 26.3. The summed E-state index contributed by atoms with van der Waals surface area (Å²) in [6.45, 7) is 0. The van der Waals surface area contributed by atoms with Gasteiger partial charge in [-0.15, -0.1) is 0 Å². The normalized spacial score (nSPS) is 11.6. The summed E-state index contributed by atoms with van der Waals surface area (Å²) in [7, 11) is 0. The van der Waals surface area contributed by atoms with Crippen LogP contribution in [0.4, 0.5) is 0 Å². The van der Waals surface area contributed by atoms with Gasteiger partial charge >= 0.3 is 0 Å². The molecule has 0 aliphatic heterocycles. The fraction of sp³-hybridized carbons (Fsp3) is 0. The molecule has 21 aromatic rings. The number of nitrogens with zero attached hydrogens (tertiary/aromatic N) is 3.